The zero-order valence-electron chi connectivity index (χ0n) is 10.1. The molecule has 0 fully saturated rings. The molecule has 0 unspecified atom stereocenters. The van der Waals surface area contributed by atoms with E-state index >= 15 is 0 Å². The molecular weight excluding hydrogens is 204 g/mol. The van der Waals surface area contributed by atoms with Gasteiger partial charge in [-0.15, -0.1) is 0 Å². The van der Waals surface area contributed by atoms with E-state index in [9.17, 15) is 0 Å². The van der Waals surface area contributed by atoms with Crippen LogP contribution in [0.2, 0.25) is 0 Å². The minimum Gasteiger partial charge on any atom is -0.0620 e. The molecule has 0 spiro atoms. The molecule has 0 saturated heterocycles. The van der Waals surface area contributed by atoms with Gasteiger partial charge in [-0.2, -0.15) is 0 Å². The van der Waals surface area contributed by atoms with Gasteiger partial charge in [0.2, 0.25) is 0 Å². The molecule has 0 bridgehead atoms. The number of hydrogen-bond acceptors (Lipinski definition) is 0. The third-order valence-electron chi connectivity index (χ3n) is 3.54. The highest BCUT2D eigenvalue weighted by Crippen LogP contribution is 2.31. The van der Waals surface area contributed by atoms with Crippen molar-refractivity contribution in [2.24, 2.45) is 0 Å². The van der Waals surface area contributed by atoms with Crippen LogP contribution in [0.3, 0.4) is 0 Å². The van der Waals surface area contributed by atoms with E-state index in [1.54, 1.807) is 0 Å². The lowest BCUT2D eigenvalue weighted by Crippen LogP contribution is -1.99. The fourth-order valence-corrected chi connectivity index (χ4v) is 2.58. The summed E-state index contributed by atoms with van der Waals surface area (Å²) in [6.45, 7) is 2.19. The second kappa shape index (κ2) is 4.21. The smallest absolute Gasteiger partial charge is 0.0195 e. The predicted octanol–water partition coefficient (Wildman–Crippen LogP) is 4.48. The largest absolute Gasteiger partial charge is 0.0620 e. The van der Waals surface area contributed by atoms with Gasteiger partial charge in [0.05, 0.1) is 0 Å². The van der Waals surface area contributed by atoms with Gasteiger partial charge >= 0.3 is 0 Å². The van der Waals surface area contributed by atoms with Gasteiger partial charge < -0.3 is 0 Å². The van der Waals surface area contributed by atoms with Crippen LogP contribution in [-0.2, 0) is 6.42 Å². The van der Waals surface area contributed by atoms with E-state index in [1.807, 2.05) is 0 Å². The summed E-state index contributed by atoms with van der Waals surface area (Å²) in [7, 11) is 0. The van der Waals surface area contributed by atoms with Crippen LogP contribution >= 0.6 is 0 Å². The summed E-state index contributed by atoms with van der Waals surface area (Å²) in [5, 5.41) is 0. The zero-order chi connectivity index (χ0) is 11.7. The molecule has 1 aliphatic carbocycles. The predicted molar refractivity (Wildman–Crippen MR) is 73.8 cm³/mol. The number of benzene rings is 2. The Hall–Kier alpha value is -1.82. The zero-order valence-corrected chi connectivity index (χ0v) is 10.1. The molecule has 0 aromatic heterocycles. The highest BCUT2D eigenvalue weighted by molar-refractivity contribution is 5.85. The van der Waals surface area contributed by atoms with Gasteiger partial charge in [-0.25, -0.2) is 0 Å². The van der Waals surface area contributed by atoms with Crippen molar-refractivity contribution < 1.29 is 0 Å². The highest BCUT2D eigenvalue weighted by atomic mass is 14.2. The summed E-state index contributed by atoms with van der Waals surface area (Å²) in [5.74, 6) is 0. The molecule has 2 aromatic carbocycles. The number of aryl methyl sites for hydroxylation is 2. The van der Waals surface area contributed by atoms with E-state index in [2.05, 4.69) is 61.5 Å². The van der Waals surface area contributed by atoms with Gasteiger partial charge in [0.1, 0.15) is 0 Å². The van der Waals surface area contributed by atoms with E-state index in [0.29, 0.717) is 0 Å². The molecule has 0 N–H and O–H groups in total. The number of hydrogen-bond donors (Lipinski definition) is 0. The SMILES string of the molecule is Cc1ccccc1C1=Cc2ccccc2CC1. The molecule has 0 atom stereocenters. The Labute approximate surface area is 103 Å². The molecular formula is C17H16. The van der Waals surface area contributed by atoms with Crippen molar-refractivity contribution in [2.45, 2.75) is 19.8 Å². The van der Waals surface area contributed by atoms with Crippen molar-refractivity contribution in [3.8, 4) is 0 Å². The normalized spacial score (nSPS) is 14.1. The maximum atomic E-state index is 2.35. The summed E-state index contributed by atoms with van der Waals surface area (Å²) in [6.07, 6.45) is 4.67. The van der Waals surface area contributed by atoms with Crippen molar-refractivity contribution in [3.05, 3.63) is 70.8 Å². The maximum absolute atomic E-state index is 2.35. The first kappa shape index (κ1) is 10.3. The molecule has 0 radical (unpaired) electrons. The average molecular weight is 220 g/mol. The van der Waals surface area contributed by atoms with Crippen molar-refractivity contribution in [1.82, 2.24) is 0 Å². The molecule has 17 heavy (non-hydrogen) atoms. The van der Waals surface area contributed by atoms with Gasteiger partial charge in [-0.1, -0.05) is 54.6 Å². The van der Waals surface area contributed by atoms with Crippen LogP contribution in [0.5, 0.6) is 0 Å². The van der Waals surface area contributed by atoms with Crippen LogP contribution in [0, 0.1) is 6.92 Å². The summed E-state index contributed by atoms with van der Waals surface area (Å²) in [4.78, 5) is 0. The van der Waals surface area contributed by atoms with Crippen molar-refractivity contribution in [1.29, 1.82) is 0 Å². The molecule has 0 heterocycles. The highest BCUT2D eigenvalue weighted by Gasteiger charge is 2.12. The van der Waals surface area contributed by atoms with Gasteiger partial charge in [0, 0.05) is 0 Å². The van der Waals surface area contributed by atoms with Crippen LogP contribution in [0.1, 0.15) is 28.7 Å². The Morgan fingerprint density at radius 3 is 2.47 bits per heavy atom. The first-order chi connectivity index (χ1) is 8.34. The molecule has 1 aliphatic rings. The van der Waals surface area contributed by atoms with Gasteiger partial charge in [-0.3, -0.25) is 0 Å². The van der Waals surface area contributed by atoms with E-state index in [-0.39, 0.29) is 0 Å². The summed E-state index contributed by atoms with van der Waals surface area (Å²) >= 11 is 0. The fourth-order valence-electron chi connectivity index (χ4n) is 2.58. The van der Waals surface area contributed by atoms with Gasteiger partial charge in [-0.05, 0) is 47.6 Å². The van der Waals surface area contributed by atoms with Crippen molar-refractivity contribution >= 4 is 11.6 Å². The Morgan fingerprint density at radius 1 is 0.824 bits per heavy atom. The topological polar surface area (TPSA) is 0 Å². The number of allylic oxidation sites excluding steroid dienone is 1. The molecule has 84 valence electrons. The van der Waals surface area contributed by atoms with E-state index in [1.165, 1.54) is 27.8 Å². The Kier molecular flexibility index (Phi) is 2.56. The first-order valence-electron chi connectivity index (χ1n) is 6.19. The maximum Gasteiger partial charge on any atom is -0.0195 e. The fraction of sp³-hybridized carbons (Fsp3) is 0.176. The minimum atomic E-state index is 1.15. The van der Waals surface area contributed by atoms with Crippen LogP contribution in [0.25, 0.3) is 11.6 Å². The molecule has 0 nitrogen and oxygen atoms in total. The third kappa shape index (κ3) is 1.91. The average Bonchev–Trinajstić information content (AvgIpc) is 2.39. The second-order valence-corrected chi connectivity index (χ2v) is 4.68. The number of fused-ring (bicyclic) bond motifs is 1. The lowest BCUT2D eigenvalue weighted by Gasteiger charge is -2.17. The molecule has 0 heteroatoms. The van der Waals surface area contributed by atoms with E-state index in [4.69, 9.17) is 0 Å². The molecule has 2 aromatic rings. The summed E-state index contributed by atoms with van der Waals surface area (Å²) in [6, 6.07) is 17.4. The van der Waals surface area contributed by atoms with Crippen LogP contribution in [0.4, 0.5) is 0 Å². The van der Waals surface area contributed by atoms with Crippen LogP contribution in [-0.4, -0.2) is 0 Å². The lowest BCUT2D eigenvalue weighted by molar-refractivity contribution is 0.999. The van der Waals surface area contributed by atoms with E-state index in [0.717, 1.165) is 12.8 Å². The van der Waals surface area contributed by atoms with E-state index < -0.39 is 0 Å². The third-order valence-corrected chi connectivity index (χ3v) is 3.54. The Morgan fingerprint density at radius 2 is 1.59 bits per heavy atom. The monoisotopic (exact) mass is 220 g/mol. The standard InChI is InChI=1S/C17H16/c1-13-6-2-5-9-17(13)16-11-10-14-7-3-4-8-15(14)12-16/h2-9,12H,10-11H2,1H3. The Balaban J connectivity index is 2.08. The number of rotatable bonds is 1. The molecule has 3 rings (SSSR count). The summed E-state index contributed by atoms with van der Waals surface area (Å²) < 4.78 is 0. The summed E-state index contributed by atoms with van der Waals surface area (Å²) in [5.41, 5.74) is 7.11. The minimum absolute atomic E-state index is 1.15. The Bertz CT molecular complexity index is 576. The lowest BCUT2D eigenvalue weighted by atomic mass is 9.87. The molecule has 0 saturated carbocycles. The van der Waals surface area contributed by atoms with Gasteiger partial charge in [0.15, 0.2) is 0 Å². The van der Waals surface area contributed by atoms with Gasteiger partial charge in [0.25, 0.3) is 0 Å². The molecule has 0 aliphatic heterocycles. The van der Waals surface area contributed by atoms with Crippen LogP contribution < -0.4 is 0 Å². The van der Waals surface area contributed by atoms with Crippen molar-refractivity contribution in [3.63, 3.8) is 0 Å². The van der Waals surface area contributed by atoms with Crippen molar-refractivity contribution in [2.75, 3.05) is 0 Å². The second-order valence-electron chi connectivity index (χ2n) is 4.68. The first-order valence-corrected chi connectivity index (χ1v) is 6.19. The quantitative estimate of drug-likeness (QED) is 0.664. The molecule has 0 amide bonds. The van der Waals surface area contributed by atoms with Crippen LogP contribution in [0.15, 0.2) is 48.5 Å².